The second-order valence-corrected chi connectivity index (χ2v) is 11.1. The number of hydrogen-bond acceptors (Lipinski definition) is 2. The minimum absolute atomic E-state index is 0.0536. The zero-order valence-electron chi connectivity index (χ0n) is 19.8. The summed E-state index contributed by atoms with van der Waals surface area (Å²) in [6.07, 6.45) is 7.48. The lowest BCUT2D eigenvalue weighted by Crippen LogP contribution is -2.42. The highest BCUT2D eigenvalue weighted by molar-refractivity contribution is 5.98. The highest BCUT2D eigenvalue weighted by Crippen LogP contribution is 2.53. The van der Waals surface area contributed by atoms with Crippen LogP contribution in [0.1, 0.15) is 78.2 Å². The van der Waals surface area contributed by atoms with Crippen LogP contribution in [0.2, 0.25) is 0 Å². The maximum absolute atomic E-state index is 13.6. The van der Waals surface area contributed by atoms with Gasteiger partial charge in [0.25, 0.3) is 0 Å². The van der Waals surface area contributed by atoms with Crippen LogP contribution in [0.15, 0.2) is 41.5 Å². The monoisotopic (exact) mass is 421 g/mol. The fourth-order valence-corrected chi connectivity index (χ4v) is 6.56. The Hall–Kier alpha value is -1.90. The molecule has 1 aromatic rings. The number of carbonyl (C=O) groups is 2. The van der Waals surface area contributed by atoms with Gasteiger partial charge in [0, 0.05) is 25.0 Å². The van der Waals surface area contributed by atoms with E-state index in [2.05, 4.69) is 56.9 Å². The topological polar surface area (TPSA) is 37.4 Å². The molecule has 1 aromatic carbocycles. The second kappa shape index (κ2) is 8.92. The Balaban J connectivity index is 1.65. The van der Waals surface area contributed by atoms with Gasteiger partial charge in [0.15, 0.2) is 0 Å². The molecule has 1 aliphatic heterocycles. The number of amides is 1. The van der Waals surface area contributed by atoms with Crippen LogP contribution in [0, 0.1) is 23.2 Å². The average molecular weight is 422 g/mol. The minimum Gasteiger partial charge on any atom is -0.332 e. The predicted octanol–water partition coefficient (Wildman–Crippen LogP) is 5.98. The average Bonchev–Trinajstić information content (AvgIpc) is 2.97. The van der Waals surface area contributed by atoms with E-state index >= 15 is 0 Å². The molecule has 4 atom stereocenters. The number of Topliss-reactive ketones (excluding diaryl/α,β-unsaturated/α-hetero) is 1. The van der Waals surface area contributed by atoms with Crippen LogP contribution in [0.25, 0.3) is 0 Å². The quantitative estimate of drug-likeness (QED) is 0.602. The van der Waals surface area contributed by atoms with Crippen LogP contribution in [0.3, 0.4) is 0 Å². The largest absolute Gasteiger partial charge is 0.332 e. The number of carbonyl (C=O) groups excluding carboxylic acids is 2. The van der Waals surface area contributed by atoms with Crippen molar-refractivity contribution >= 4 is 11.7 Å². The molecular weight excluding hydrogens is 382 g/mol. The first-order valence-electron chi connectivity index (χ1n) is 12.4. The van der Waals surface area contributed by atoms with E-state index in [0.717, 1.165) is 44.2 Å². The number of ketones is 1. The van der Waals surface area contributed by atoms with Crippen molar-refractivity contribution in [2.24, 2.45) is 23.2 Å². The Morgan fingerprint density at radius 1 is 0.968 bits per heavy atom. The van der Waals surface area contributed by atoms with E-state index < -0.39 is 0 Å². The number of hydrogen-bond donors (Lipinski definition) is 0. The van der Waals surface area contributed by atoms with E-state index in [1.807, 2.05) is 6.07 Å². The van der Waals surface area contributed by atoms with Gasteiger partial charge in [-0.3, -0.25) is 9.59 Å². The summed E-state index contributed by atoms with van der Waals surface area (Å²) in [4.78, 5) is 28.4. The van der Waals surface area contributed by atoms with E-state index in [-0.39, 0.29) is 17.4 Å². The van der Waals surface area contributed by atoms with Crippen molar-refractivity contribution in [2.45, 2.75) is 85.1 Å². The predicted molar refractivity (Wildman–Crippen MR) is 126 cm³/mol. The normalized spacial score (nSPS) is 31.4. The van der Waals surface area contributed by atoms with Gasteiger partial charge in [-0.25, -0.2) is 0 Å². The SMILES string of the molecule is C[C@H]1CC[C@@H]2CCC3=C([C@@H](C[C@@H](C)CC(=O)C1)N(CCc1ccccc1)C3=O)C2(C)C. The molecule has 1 fully saturated rings. The third-order valence-corrected chi connectivity index (χ3v) is 8.28. The van der Waals surface area contributed by atoms with Crippen molar-refractivity contribution in [3.8, 4) is 0 Å². The van der Waals surface area contributed by atoms with Crippen molar-refractivity contribution in [3.05, 3.63) is 47.0 Å². The summed E-state index contributed by atoms with van der Waals surface area (Å²) in [7, 11) is 0. The van der Waals surface area contributed by atoms with Crippen LogP contribution in [0.4, 0.5) is 0 Å². The Bertz CT molecular complexity index is 853. The van der Waals surface area contributed by atoms with Crippen molar-refractivity contribution in [2.75, 3.05) is 6.54 Å². The number of rotatable bonds is 3. The summed E-state index contributed by atoms with van der Waals surface area (Å²) < 4.78 is 0. The first kappa shape index (κ1) is 22.3. The highest BCUT2D eigenvalue weighted by atomic mass is 16.2. The van der Waals surface area contributed by atoms with Crippen LogP contribution in [0.5, 0.6) is 0 Å². The first-order valence-corrected chi connectivity index (χ1v) is 12.4. The maximum Gasteiger partial charge on any atom is 0.250 e. The Kier molecular flexibility index (Phi) is 6.42. The third-order valence-electron chi connectivity index (χ3n) is 8.28. The van der Waals surface area contributed by atoms with E-state index in [1.165, 1.54) is 17.6 Å². The lowest BCUT2D eigenvalue weighted by atomic mass is 9.61. The summed E-state index contributed by atoms with van der Waals surface area (Å²) in [5.41, 5.74) is 3.85. The molecule has 0 unspecified atom stereocenters. The fraction of sp³-hybridized carbons (Fsp3) is 0.643. The molecule has 2 aliphatic carbocycles. The van der Waals surface area contributed by atoms with Crippen molar-refractivity contribution < 1.29 is 9.59 Å². The van der Waals surface area contributed by atoms with Gasteiger partial charge in [-0.1, -0.05) is 58.0 Å². The van der Waals surface area contributed by atoms with Gasteiger partial charge >= 0.3 is 0 Å². The molecule has 0 radical (unpaired) electrons. The van der Waals surface area contributed by atoms with Crippen molar-refractivity contribution in [1.82, 2.24) is 4.90 Å². The smallest absolute Gasteiger partial charge is 0.250 e. The minimum atomic E-state index is 0.0536. The molecule has 3 aliphatic rings. The zero-order valence-corrected chi connectivity index (χ0v) is 19.8. The summed E-state index contributed by atoms with van der Waals surface area (Å²) in [5.74, 6) is 2.04. The van der Waals surface area contributed by atoms with Gasteiger partial charge in [0.2, 0.25) is 5.91 Å². The van der Waals surface area contributed by atoms with Gasteiger partial charge < -0.3 is 4.90 Å². The van der Waals surface area contributed by atoms with Crippen LogP contribution >= 0.6 is 0 Å². The molecule has 1 amide bonds. The van der Waals surface area contributed by atoms with Crippen LogP contribution in [-0.2, 0) is 16.0 Å². The molecule has 168 valence electrons. The van der Waals surface area contributed by atoms with Crippen molar-refractivity contribution in [3.63, 3.8) is 0 Å². The molecule has 0 spiro atoms. The Morgan fingerprint density at radius 2 is 1.68 bits per heavy atom. The lowest BCUT2D eigenvalue weighted by Gasteiger charge is -2.44. The van der Waals surface area contributed by atoms with Crippen LogP contribution in [-0.4, -0.2) is 29.2 Å². The first-order chi connectivity index (χ1) is 14.8. The van der Waals surface area contributed by atoms with Gasteiger partial charge in [-0.2, -0.15) is 0 Å². The molecule has 1 heterocycles. The maximum atomic E-state index is 13.6. The molecule has 31 heavy (non-hydrogen) atoms. The van der Waals surface area contributed by atoms with E-state index in [0.29, 0.717) is 36.4 Å². The standard InChI is InChI=1S/C28H39NO2/c1-19-10-11-22-12-13-24-26(28(22,3)4)25(18-20(2)17-23(30)16-19)29(27(24)31)15-14-21-8-6-5-7-9-21/h5-9,19-20,22,25H,10-18H2,1-4H3/t19-,20-,22+,25+/m0/s1. The molecular formula is C28H39NO2. The summed E-state index contributed by atoms with van der Waals surface area (Å²) in [6, 6.07) is 10.6. The van der Waals surface area contributed by atoms with E-state index in [9.17, 15) is 9.59 Å². The highest BCUT2D eigenvalue weighted by Gasteiger charge is 2.50. The van der Waals surface area contributed by atoms with Gasteiger partial charge in [0.05, 0.1) is 6.04 Å². The lowest BCUT2D eigenvalue weighted by molar-refractivity contribution is -0.127. The van der Waals surface area contributed by atoms with Crippen LogP contribution < -0.4 is 0 Å². The summed E-state index contributed by atoms with van der Waals surface area (Å²) >= 11 is 0. The Morgan fingerprint density at radius 3 is 2.42 bits per heavy atom. The molecule has 0 N–H and O–H groups in total. The fourth-order valence-electron chi connectivity index (χ4n) is 6.56. The van der Waals surface area contributed by atoms with Crippen molar-refractivity contribution in [1.29, 1.82) is 0 Å². The van der Waals surface area contributed by atoms with E-state index in [4.69, 9.17) is 0 Å². The molecule has 0 saturated heterocycles. The van der Waals surface area contributed by atoms with E-state index in [1.54, 1.807) is 0 Å². The zero-order chi connectivity index (χ0) is 22.2. The molecule has 4 rings (SSSR count). The Labute approximate surface area is 188 Å². The number of nitrogens with zero attached hydrogens (tertiary/aromatic N) is 1. The summed E-state index contributed by atoms with van der Waals surface area (Å²) in [5, 5.41) is 0. The number of benzene rings is 1. The second-order valence-electron chi connectivity index (χ2n) is 11.1. The van der Waals surface area contributed by atoms with Gasteiger partial charge in [-0.15, -0.1) is 0 Å². The third kappa shape index (κ3) is 4.52. The molecule has 0 aromatic heterocycles. The molecule has 3 nitrogen and oxygen atoms in total. The molecule has 3 heteroatoms. The van der Waals surface area contributed by atoms with Gasteiger partial charge in [-0.05, 0) is 72.8 Å². The molecule has 1 saturated carbocycles. The summed E-state index contributed by atoms with van der Waals surface area (Å²) in [6.45, 7) is 9.99. The molecule has 2 bridgehead atoms. The van der Waals surface area contributed by atoms with Gasteiger partial charge in [0.1, 0.15) is 5.78 Å². The number of fused-ring (bicyclic) bond motifs is 1.